The number of rotatable bonds is 6. The van der Waals surface area contributed by atoms with Gasteiger partial charge in [0.1, 0.15) is 10.7 Å². The predicted octanol–water partition coefficient (Wildman–Crippen LogP) is 4.13. The first-order valence-electron chi connectivity index (χ1n) is 9.17. The number of hydrogen-bond donors (Lipinski definition) is 1. The highest BCUT2D eigenvalue weighted by molar-refractivity contribution is 7.90. The smallest absolute Gasteiger partial charge is 0.290 e. The number of nitrogens with one attached hydrogen (secondary N) is 1. The first kappa shape index (κ1) is 23.5. The molecule has 0 spiro atoms. The summed E-state index contributed by atoms with van der Waals surface area (Å²) < 4.78 is 79.2. The van der Waals surface area contributed by atoms with Crippen LogP contribution in [0, 0.1) is 5.92 Å². The molecule has 170 valence electrons. The van der Waals surface area contributed by atoms with Crippen LogP contribution in [-0.4, -0.2) is 41.3 Å². The maximum absolute atomic E-state index is 13.9. The van der Waals surface area contributed by atoms with E-state index in [1.54, 1.807) is 0 Å². The van der Waals surface area contributed by atoms with Crippen molar-refractivity contribution in [1.29, 1.82) is 0 Å². The van der Waals surface area contributed by atoms with Gasteiger partial charge < -0.3 is 5.32 Å². The number of aromatic nitrogens is 3. The number of nitrogens with zero attached hydrogens (tertiary/aromatic N) is 3. The number of amides is 1. The van der Waals surface area contributed by atoms with Gasteiger partial charge in [-0.3, -0.25) is 9.48 Å². The van der Waals surface area contributed by atoms with Crippen molar-refractivity contribution < 1.29 is 30.8 Å². The van der Waals surface area contributed by atoms with Crippen LogP contribution < -0.4 is 5.32 Å². The van der Waals surface area contributed by atoms with Crippen LogP contribution >= 0.6 is 11.6 Å². The molecule has 1 atom stereocenters. The van der Waals surface area contributed by atoms with Crippen molar-refractivity contribution in [2.45, 2.75) is 49.6 Å². The van der Waals surface area contributed by atoms with E-state index in [2.05, 4.69) is 15.4 Å². The summed E-state index contributed by atoms with van der Waals surface area (Å²) >= 11 is 6.04. The fourth-order valence-electron chi connectivity index (χ4n) is 3.39. The number of halogens is 5. The molecule has 0 bridgehead atoms. The molecule has 2 aromatic rings. The third-order valence-corrected chi connectivity index (χ3v) is 6.18. The summed E-state index contributed by atoms with van der Waals surface area (Å²) in [6.07, 6.45) is 1.43. The molecule has 13 heteroatoms. The van der Waals surface area contributed by atoms with E-state index in [-0.39, 0.29) is 30.1 Å². The van der Waals surface area contributed by atoms with Gasteiger partial charge in [0.2, 0.25) is 5.92 Å². The van der Waals surface area contributed by atoms with Crippen molar-refractivity contribution >= 4 is 33.0 Å². The zero-order chi connectivity index (χ0) is 23.2. The second-order valence-electron chi connectivity index (χ2n) is 7.66. The van der Waals surface area contributed by atoms with E-state index in [9.17, 15) is 30.8 Å². The molecule has 1 aliphatic rings. The highest BCUT2D eigenvalue weighted by Crippen LogP contribution is 2.41. The maximum Gasteiger partial charge on any atom is 0.290 e. The minimum Gasteiger partial charge on any atom is -0.320 e. The Labute approximate surface area is 180 Å². The molecule has 1 amide bonds. The lowest BCUT2D eigenvalue weighted by atomic mass is 10.1. The average molecular weight is 483 g/mol. The normalized spacial score (nSPS) is 18.9. The molecule has 7 nitrogen and oxygen atoms in total. The van der Waals surface area contributed by atoms with Gasteiger partial charge in [-0.2, -0.15) is 13.9 Å². The van der Waals surface area contributed by atoms with Gasteiger partial charge in [-0.15, -0.1) is 0 Å². The third-order valence-electron chi connectivity index (χ3n) is 4.83. The van der Waals surface area contributed by atoms with Crippen LogP contribution in [0.15, 0.2) is 23.4 Å². The monoisotopic (exact) mass is 482 g/mol. The Morgan fingerprint density at radius 2 is 2.10 bits per heavy atom. The number of sulfone groups is 1. The van der Waals surface area contributed by atoms with E-state index in [0.717, 1.165) is 23.2 Å². The Bertz CT molecular complexity index is 1120. The van der Waals surface area contributed by atoms with E-state index >= 15 is 0 Å². The first-order valence-corrected chi connectivity index (χ1v) is 11.4. The van der Waals surface area contributed by atoms with Crippen molar-refractivity contribution in [3.8, 4) is 0 Å². The summed E-state index contributed by atoms with van der Waals surface area (Å²) in [6, 6.07) is 2.39. The number of alkyl halides is 4. The van der Waals surface area contributed by atoms with Crippen molar-refractivity contribution in [2.75, 3.05) is 11.6 Å². The molecule has 2 aromatic heterocycles. The van der Waals surface area contributed by atoms with Gasteiger partial charge in [0.15, 0.2) is 20.6 Å². The summed E-state index contributed by atoms with van der Waals surface area (Å²) in [5, 5.41) is 5.20. The van der Waals surface area contributed by atoms with Gasteiger partial charge in [-0.1, -0.05) is 11.6 Å². The summed E-state index contributed by atoms with van der Waals surface area (Å²) in [5.74, 6) is -7.85. The van der Waals surface area contributed by atoms with Crippen LogP contribution in [-0.2, 0) is 22.3 Å². The molecule has 1 saturated carbocycles. The number of hydrogen-bond acceptors (Lipinski definition) is 5. The lowest BCUT2D eigenvalue weighted by molar-refractivity contribution is 0.00350. The minimum atomic E-state index is -3.66. The molecule has 1 aliphatic carbocycles. The topological polar surface area (TPSA) is 93.9 Å². The number of carbonyl (C=O) groups excluding carboxylic acids is 1. The van der Waals surface area contributed by atoms with Crippen molar-refractivity contribution in [3.63, 3.8) is 0 Å². The van der Waals surface area contributed by atoms with Crippen LogP contribution in [0.5, 0.6) is 0 Å². The van der Waals surface area contributed by atoms with Gasteiger partial charge in [0.25, 0.3) is 11.8 Å². The minimum absolute atomic E-state index is 0.0291. The second kappa shape index (κ2) is 8.05. The van der Waals surface area contributed by atoms with Crippen LogP contribution in [0.2, 0.25) is 5.02 Å². The molecule has 3 rings (SSSR count). The van der Waals surface area contributed by atoms with Crippen molar-refractivity contribution in [2.24, 2.45) is 5.92 Å². The van der Waals surface area contributed by atoms with E-state index in [1.165, 1.54) is 6.07 Å². The molecular weight excluding hydrogens is 464 g/mol. The molecule has 0 aliphatic heterocycles. The summed E-state index contributed by atoms with van der Waals surface area (Å²) in [4.78, 5) is 16.5. The molecule has 0 radical (unpaired) electrons. The first-order chi connectivity index (χ1) is 14.2. The molecular formula is C18H19ClF4N4O3S. The Hall–Kier alpha value is -2.21. The standard InChI is InChI=1S/C18H19ClF4N4O3S/c1-17(20,21)15-13(19)14(27(26-15)9-10-3-5-18(22,23)8-10)16(28)25-11-4-6-24-12(7-11)31(2,29)30/h4,6-7,10H,3,5,8-9H2,1-2H3,(H,24,25,28). The van der Waals surface area contributed by atoms with Gasteiger partial charge in [-0.25, -0.2) is 22.2 Å². The fraction of sp³-hybridized carbons (Fsp3) is 0.500. The maximum atomic E-state index is 13.9. The molecule has 0 aromatic carbocycles. The number of anilines is 1. The molecule has 1 fully saturated rings. The SMILES string of the molecule is CC(F)(F)c1nn(CC2CCC(F)(F)C2)c(C(=O)Nc2ccnc(S(C)(=O)=O)c2)c1Cl. The molecule has 2 heterocycles. The van der Waals surface area contributed by atoms with Crippen LogP contribution in [0.25, 0.3) is 0 Å². The highest BCUT2D eigenvalue weighted by Gasteiger charge is 2.41. The lowest BCUT2D eigenvalue weighted by Gasteiger charge is -2.13. The molecule has 1 unspecified atom stereocenters. The average Bonchev–Trinajstić information content (AvgIpc) is 3.13. The largest absolute Gasteiger partial charge is 0.320 e. The third kappa shape index (κ3) is 5.35. The Morgan fingerprint density at radius 3 is 2.65 bits per heavy atom. The summed E-state index contributed by atoms with van der Waals surface area (Å²) in [7, 11) is -3.66. The molecule has 1 N–H and O–H groups in total. The number of pyridine rings is 1. The zero-order valence-corrected chi connectivity index (χ0v) is 18.1. The van der Waals surface area contributed by atoms with Gasteiger partial charge in [-0.05, 0) is 24.5 Å². The predicted molar refractivity (Wildman–Crippen MR) is 104 cm³/mol. The molecule has 0 saturated heterocycles. The molecule has 31 heavy (non-hydrogen) atoms. The zero-order valence-electron chi connectivity index (χ0n) is 16.5. The van der Waals surface area contributed by atoms with Crippen molar-refractivity contribution in [3.05, 3.63) is 34.7 Å². The number of carbonyl (C=O) groups is 1. The van der Waals surface area contributed by atoms with E-state index in [1.807, 2.05) is 0 Å². The van der Waals surface area contributed by atoms with E-state index in [4.69, 9.17) is 11.6 Å². The quantitative estimate of drug-likeness (QED) is 0.625. The van der Waals surface area contributed by atoms with E-state index in [0.29, 0.717) is 6.92 Å². The van der Waals surface area contributed by atoms with Gasteiger partial charge in [0, 0.05) is 44.5 Å². The fourth-order valence-corrected chi connectivity index (χ4v) is 4.37. The van der Waals surface area contributed by atoms with Gasteiger partial charge >= 0.3 is 0 Å². The second-order valence-corrected chi connectivity index (χ2v) is 10.00. The van der Waals surface area contributed by atoms with Gasteiger partial charge in [0.05, 0.1) is 0 Å². The summed E-state index contributed by atoms with van der Waals surface area (Å²) in [6.45, 7) is 0.358. The Kier molecular flexibility index (Phi) is 6.09. The van der Waals surface area contributed by atoms with E-state index < -0.39 is 56.3 Å². The Morgan fingerprint density at radius 1 is 1.42 bits per heavy atom. The highest BCUT2D eigenvalue weighted by atomic mass is 35.5. The van der Waals surface area contributed by atoms with Crippen molar-refractivity contribution in [1.82, 2.24) is 14.8 Å². The lowest BCUT2D eigenvalue weighted by Crippen LogP contribution is -2.21. The Balaban J connectivity index is 1.95. The van der Waals surface area contributed by atoms with Crippen LogP contribution in [0.1, 0.15) is 42.4 Å². The van der Waals surface area contributed by atoms with Crippen LogP contribution in [0.4, 0.5) is 23.2 Å². The summed E-state index contributed by atoms with van der Waals surface area (Å²) in [5.41, 5.74) is -1.25. The van der Waals surface area contributed by atoms with Crippen LogP contribution in [0.3, 0.4) is 0 Å².